The van der Waals surface area contributed by atoms with Gasteiger partial charge in [0, 0.05) is 21.2 Å². The van der Waals surface area contributed by atoms with E-state index in [9.17, 15) is 20.1 Å². The third-order valence-electron chi connectivity index (χ3n) is 9.24. The van der Waals surface area contributed by atoms with Gasteiger partial charge in [-0.3, -0.25) is 9.59 Å². The first-order valence-corrected chi connectivity index (χ1v) is 22.4. The predicted molar refractivity (Wildman–Crippen MR) is 176 cm³/mol. The average Bonchev–Trinajstić information content (AvgIpc) is 3.53. The molecule has 0 saturated heterocycles. The Kier molecular flexibility index (Phi) is 7.64. The number of carbonyl (C=O) groups excluding carboxylic acids is 2. The summed E-state index contributed by atoms with van der Waals surface area (Å²) in [6, 6.07) is 15.7. The summed E-state index contributed by atoms with van der Waals surface area (Å²) in [7, 11) is -3.38. The lowest BCUT2D eigenvalue weighted by atomic mass is 9.72. The van der Waals surface area contributed by atoms with Crippen molar-refractivity contribution in [1.29, 1.82) is 10.5 Å². The summed E-state index contributed by atoms with van der Waals surface area (Å²) in [6.07, 6.45) is 4.89. The molecular formula is C34H36Cl2N2O2Si2. The summed E-state index contributed by atoms with van der Waals surface area (Å²) in [6.45, 7) is 13.6. The van der Waals surface area contributed by atoms with E-state index in [4.69, 9.17) is 23.2 Å². The molecule has 6 rings (SSSR count). The molecule has 2 aromatic carbocycles. The molecule has 4 aliphatic carbocycles. The second kappa shape index (κ2) is 10.5. The van der Waals surface area contributed by atoms with Gasteiger partial charge >= 0.3 is 0 Å². The molecule has 0 N–H and O–H groups in total. The second-order valence-corrected chi connectivity index (χ2v) is 24.9. The van der Waals surface area contributed by atoms with E-state index in [1.165, 1.54) is 10.4 Å². The van der Waals surface area contributed by atoms with Crippen LogP contribution < -0.4 is 0 Å². The molecule has 0 bridgehead atoms. The number of hydrogen-bond acceptors (Lipinski definition) is 4. The van der Waals surface area contributed by atoms with Gasteiger partial charge in [-0.2, -0.15) is 10.5 Å². The van der Waals surface area contributed by atoms with Crippen molar-refractivity contribution >= 4 is 61.3 Å². The van der Waals surface area contributed by atoms with E-state index < -0.39 is 27.0 Å². The van der Waals surface area contributed by atoms with E-state index in [2.05, 4.69) is 51.4 Å². The van der Waals surface area contributed by atoms with Crippen molar-refractivity contribution in [3.05, 3.63) is 79.8 Å². The van der Waals surface area contributed by atoms with Crippen molar-refractivity contribution < 1.29 is 9.59 Å². The van der Waals surface area contributed by atoms with Gasteiger partial charge in [-0.25, -0.2) is 0 Å². The van der Waals surface area contributed by atoms with Crippen LogP contribution in [0.1, 0.15) is 70.4 Å². The van der Waals surface area contributed by atoms with Crippen molar-refractivity contribution in [3.63, 3.8) is 0 Å². The normalized spacial score (nSPS) is 24.6. The Hall–Kier alpha value is -2.75. The number of ketones is 2. The number of allylic oxidation sites excluding steroid dienone is 2. The Morgan fingerprint density at radius 2 is 1.00 bits per heavy atom. The highest BCUT2D eigenvalue weighted by Gasteiger charge is 2.53. The van der Waals surface area contributed by atoms with E-state index >= 15 is 0 Å². The third kappa shape index (κ3) is 4.59. The molecule has 0 unspecified atom stereocenters. The van der Waals surface area contributed by atoms with Gasteiger partial charge in [0.2, 0.25) is 0 Å². The van der Waals surface area contributed by atoms with Crippen LogP contribution in [0, 0.1) is 33.5 Å². The van der Waals surface area contributed by atoms with Crippen LogP contribution in [-0.4, -0.2) is 27.7 Å². The van der Waals surface area contributed by atoms with Crippen molar-refractivity contribution in [2.24, 2.45) is 10.8 Å². The molecule has 0 radical (unpaired) electrons. The Morgan fingerprint density at radius 1 is 0.643 bits per heavy atom. The van der Waals surface area contributed by atoms with Gasteiger partial charge in [0.25, 0.3) is 0 Å². The first kappa shape index (κ1) is 30.7. The minimum absolute atomic E-state index is 0.0221. The predicted octanol–water partition coefficient (Wildman–Crippen LogP) is 9.72. The molecule has 2 aromatic rings. The fourth-order valence-corrected chi connectivity index (χ4v) is 12.5. The lowest BCUT2D eigenvalue weighted by Gasteiger charge is -2.36. The molecule has 0 aliphatic heterocycles. The van der Waals surface area contributed by atoms with Crippen LogP contribution >= 0.6 is 23.2 Å². The lowest BCUT2D eigenvalue weighted by molar-refractivity contribution is 0.0886. The van der Waals surface area contributed by atoms with Gasteiger partial charge in [0.15, 0.2) is 11.6 Å². The molecule has 0 heterocycles. The van der Waals surface area contributed by atoms with Gasteiger partial charge in [-0.15, -0.1) is 0 Å². The number of carbonyl (C=O) groups is 2. The smallest absolute Gasteiger partial charge is 0.187 e. The molecule has 8 heteroatoms. The first-order valence-electron chi connectivity index (χ1n) is 14.6. The number of Topliss-reactive ketones (excluding diaryl/α,β-unsaturated/α-hetero) is 2. The van der Waals surface area contributed by atoms with Gasteiger partial charge < -0.3 is 0 Å². The van der Waals surface area contributed by atoms with Crippen LogP contribution in [0.15, 0.2) is 47.5 Å². The maximum Gasteiger partial charge on any atom is 0.187 e. The van der Waals surface area contributed by atoms with Crippen molar-refractivity contribution in [2.75, 3.05) is 0 Å². The Balaban J connectivity index is 0.000000168. The fourth-order valence-electron chi connectivity index (χ4n) is 7.66. The topological polar surface area (TPSA) is 81.7 Å². The van der Waals surface area contributed by atoms with Crippen LogP contribution in [0.4, 0.5) is 0 Å². The van der Waals surface area contributed by atoms with Crippen molar-refractivity contribution in [3.8, 4) is 12.1 Å². The molecule has 2 saturated carbocycles. The summed E-state index contributed by atoms with van der Waals surface area (Å²) in [5, 5.41) is 23.4. The first-order chi connectivity index (χ1) is 19.6. The summed E-state index contributed by atoms with van der Waals surface area (Å²) >= 11 is 12.3. The maximum atomic E-state index is 13.0. The number of nitrogens with zero attached hydrogens (tertiary/aromatic N) is 2. The summed E-state index contributed by atoms with van der Waals surface area (Å²) in [4.78, 5) is 25.9. The van der Waals surface area contributed by atoms with E-state index in [1.54, 1.807) is 24.3 Å². The van der Waals surface area contributed by atoms with Crippen LogP contribution in [0.3, 0.4) is 0 Å². The highest BCUT2D eigenvalue weighted by Crippen LogP contribution is 2.55. The zero-order valence-corrected chi connectivity index (χ0v) is 28.7. The minimum atomic E-state index is -1.69. The lowest BCUT2D eigenvalue weighted by Crippen LogP contribution is -2.38. The molecule has 4 aliphatic rings. The van der Waals surface area contributed by atoms with E-state index in [1.807, 2.05) is 12.1 Å². The van der Waals surface area contributed by atoms with Crippen LogP contribution in [0.25, 0.3) is 10.4 Å². The monoisotopic (exact) mass is 630 g/mol. The number of halogens is 2. The summed E-state index contributed by atoms with van der Waals surface area (Å²) in [5.41, 5.74) is 3.69. The number of nitriles is 2. The molecule has 0 spiro atoms. The van der Waals surface area contributed by atoms with E-state index in [0.29, 0.717) is 34.0 Å². The van der Waals surface area contributed by atoms with Gasteiger partial charge in [0.1, 0.15) is 10.8 Å². The quantitative estimate of drug-likeness (QED) is 0.309. The zero-order chi connectivity index (χ0) is 30.8. The standard InChI is InChI=1S/2C17H18ClNOSi/c2*1-21(2,3)15-13-9-11(18)6-7-12(13)16(20)17(10-19)8-4-5-14(15)17/h2*6-7,9H,4-5,8H2,1-3H3/t2*17-/m00/s1. The SMILES string of the molecule is C[Si](C)(C)C1=C2CCC[C@@]2(C#N)C(=O)c2ccc(Cl)cc21.C[Si](C)(C)C1=C2CCC[C@@]2(C#N)C(=O)c2ccc(Cl)cc21. The molecule has 0 aromatic heterocycles. The minimum Gasteiger partial charge on any atom is -0.292 e. The molecular weight excluding hydrogens is 595 g/mol. The number of fused-ring (bicyclic) bond motifs is 4. The average molecular weight is 632 g/mol. The number of rotatable bonds is 2. The summed E-state index contributed by atoms with van der Waals surface area (Å²) in [5.74, 6) is -0.0441. The highest BCUT2D eigenvalue weighted by molar-refractivity contribution is 6.94. The Morgan fingerprint density at radius 3 is 1.31 bits per heavy atom. The van der Waals surface area contributed by atoms with Crippen LogP contribution in [-0.2, 0) is 0 Å². The molecule has 4 nitrogen and oxygen atoms in total. The van der Waals surface area contributed by atoms with Gasteiger partial charge in [0.05, 0.1) is 28.3 Å². The third-order valence-corrected chi connectivity index (χ3v) is 13.9. The van der Waals surface area contributed by atoms with Crippen LogP contribution in [0.2, 0.25) is 49.3 Å². The van der Waals surface area contributed by atoms with E-state index in [0.717, 1.165) is 48.0 Å². The zero-order valence-electron chi connectivity index (χ0n) is 25.2. The van der Waals surface area contributed by atoms with Crippen molar-refractivity contribution in [1.82, 2.24) is 0 Å². The number of benzene rings is 2. The molecule has 0 amide bonds. The Labute approximate surface area is 261 Å². The molecule has 2 fully saturated rings. The molecule has 216 valence electrons. The molecule has 42 heavy (non-hydrogen) atoms. The maximum absolute atomic E-state index is 13.0. The number of hydrogen-bond donors (Lipinski definition) is 0. The van der Waals surface area contributed by atoms with Crippen molar-refractivity contribution in [2.45, 2.75) is 77.8 Å². The van der Waals surface area contributed by atoms with E-state index in [-0.39, 0.29) is 11.6 Å². The van der Waals surface area contributed by atoms with Gasteiger partial charge in [-0.05, 0) is 97.2 Å². The Bertz CT molecular complexity index is 1570. The molecule has 2 atom stereocenters. The van der Waals surface area contributed by atoms with Gasteiger partial charge in [-0.1, -0.05) is 72.9 Å². The second-order valence-electron chi connectivity index (χ2n) is 14.0. The highest BCUT2D eigenvalue weighted by atomic mass is 35.5. The summed E-state index contributed by atoms with van der Waals surface area (Å²) < 4.78 is 0. The fraction of sp³-hybridized carbons (Fsp3) is 0.412. The largest absolute Gasteiger partial charge is 0.292 e. The van der Waals surface area contributed by atoms with Crippen LogP contribution in [0.5, 0.6) is 0 Å².